The number of halogens is 1. The van der Waals surface area contributed by atoms with Crippen molar-refractivity contribution in [3.8, 4) is 0 Å². The van der Waals surface area contributed by atoms with E-state index in [-0.39, 0.29) is 18.9 Å². The molecule has 1 aromatic carbocycles. The van der Waals surface area contributed by atoms with Crippen molar-refractivity contribution >= 4 is 29.8 Å². The van der Waals surface area contributed by atoms with Crippen LogP contribution in [0.25, 0.3) is 11.0 Å². The molecule has 1 radical (unpaired) electrons. The molecule has 13 heavy (non-hydrogen) atoms. The summed E-state index contributed by atoms with van der Waals surface area (Å²) in [6.45, 7) is 3.30. The van der Waals surface area contributed by atoms with Gasteiger partial charge in [-0.1, -0.05) is 18.2 Å². The molecular weight excluding hydrogens is 162 g/mol. The van der Waals surface area contributed by atoms with Gasteiger partial charge in [-0.3, -0.25) is 0 Å². The Balaban J connectivity index is 0.000000845. The second kappa shape index (κ2) is 4.00. The zero-order valence-electron chi connectivity index (χ0n) is 6.46. The number of furan rings is 1. The molecule has 1 unspecified atom stereocenters. The summed E-state index contributed by atoms with van der Waals surface area (Å²) in [5, 5.41) is 0.806. The summed E-state index contributed by atoms with van der Waals surface area (Å²) in [6, 6.07) is 7.34. The summed E-state index contributed by atoms with van der Waals surface area (Å²) in [5.41, 5.74) is 1.23. The van der Waals surface area contributed by atoms with E-state index in [2.05, 4.69) is 6.92 Å². The van der Waals surface area contributed by atoms with Crippen molar-refractivity contribution in [2.45, 2.75) is 6.17 Å². The van der Waals surface area contributed by atoms with Gasteiger partial charge in [-0.25, -0.2) is 4.39 Å². The number of alkyl halides is 1. The predicted octanol–water partition coefficient (Wildman–Crippen LogP) is 2.63. The third-order valence-corrected chi connectivity index (χ3v) is 1.85. The van der Waals surface area contributed by atoms with Gasteiger partial charge >= 0.3 is 18.9 Å². The van der Waals surface area contributed by atoms with Gasteiger partial charge in [0.1, 0.15) is 11.8 Å². The Kier molecular flexibility index (Phi) is 3.19. The molecule has 0 bridgehead atoms. The molecule has 0 spiro atoms. The van der Waals surface area contributed by atoms with Crippen molar-refractivity contribution in [1.29, 1.82) is 0 Å². The quantitative estimate of drug-likeness (QED) is 0.601. The molecule has 0 aliphatic carbocycles. The number of benzene rings is 1. The predicted molar refractivity (Wildman–Crippen MR) is 52.6 cm³/mol. The van der Waals surface area contributed by atoms with Gasteiger partial charge < -0.3 is 4.42 Å². The van der Waals surface area contributed by atoms with E-state index in [0.29, 0.717) is 11.1 Å². The maximum atomic E-state index is 12.8. The first-order chi connectivity index (χ1) is 5.79. The van der Waals surface area contributed by atoms with Crippen LogP contribution in [-0.4, -0.2) is 18.9 Å². The van der Waals surface area contributed by atoms with Crippen LogP contribution in [0.2, 0.25) is 0 Å². The molecule has 0 fully saturated rings. The van der Waals surface area contributed by atoms with Crippen LogP contribution in [0.3, 0.4) is 0 Å². The van der Waals surface area contributed by atoms with Crippen LogP contribution in [-0.2, 0) is 0 Å². The first kappa shape index (κ1) is 10.4. The van der Waals surface area contributed by atoms with E-state index in [0.717, 1.165) is 5.39 Å². The van der Waals surface area contributed by atoms with Crippen LogP contribution in [0.1, 0.15) is 11.7 Å². The van der Waals surface area contributed by atoms with E-state index in [9.17, 15) is 4.39 Å². The first-order valence-corrected chi connectivity index (χ1v) is 3.72. The normalized spacial score (nSPS) is 12.5. The van der Waals surface area contributed by atoms with Crippen LogP contribution in [0.15, 0.2) is 34.9 Å². The van der Waals surface area contributed by atoms with Crippen LogP contribution in [0, 0.1) is 6.92 Å². The van der Waals surface area contributed by atoms with Gasteiger partial charge in [0.15, 0.2) is 0 Å². The third-order valence-electron chi connectivity index (χ3n) is 1.85. The average molecular weight is 171 g/mol. The molecule has 1 aromatic heterocycles. The van der Waals surface area contributed by atoms with Crippen LogP contribution in [0.5, 0.6) is 0 Å². The molecule has 63 valence electrons. The standard InChI is InChI=1S/C10H8FO.Li.H/c1-7(11)9-6-12-10-5-3-2-4-8(9)10;;/h2-7H,1H2;;. The molecule has 3 heteroatoms. The molecule has 2 rings (SSSR count). The number of para-hydroxylation sites is 1. The summed E-state index contributed by atoms with van der Waals surface area (Å²) in [4.78, 5) is 0. The summed E-state index contributed by atoms with van der Waals surface area (Å²) in [5.74, 6) is 0. The molecule has 1 atom stereocenters. The minimum absolute atomic E-state index is 0. The van der Waals surface area contributed by atoms with Crippen molar-refractivity contribution in [2.75, 3.05) is 0 Å². The van der Waals surface area contributed by atoms with Gasteiger partial charge in [-0.05, 0) is 13.0 Å². The van der Waals surface area contributed by atoms with E-state index in [1.54, 1.807) is 6.07 Å². The summed E-state index contributed by atoms with van der Waals surface area (Å²) in [7, 11) is 0. The van der Waals surface area contributed by atoms with Crippen molar-refractivity contribution in [3.05, 3.63) is 43.0 Å². The Labute approximate surface area is 88.1 Å². The van der Waals surface area contributed by atoms with E-state index in [4.69, 9.17) is 4.42 Å². The Morgan fingerprint density at radius 1 is 1.31 bits per heavy atom. The molecule has 0 amide bonds. The maximum absolute atomic E-state index is 12.8. The van der Waals surface area contributed by atoms with Crippen molar-refractivity contribution in [1.82, 2.24) is 0 Å². The summed E-state index contributed by atoms with van der Waals surface area (Å²) >= 11 is 0. The molecule has 0 N–H and O–H groups in total. The van der Waals surface area contributed by atoms with Crippen LogP contribution < -0.4 is 0 Å². The molecule has 1 heterocycles. The summed E-state index contributed by atoms with van der Waals surface area (Å²) in [6.07, 6.45) is 0.205. The Bertz CT molecular complexity index is 394. The van der Waals surface area contributed by atoms with Crippen molar-refractivity contribution < 1.29 is 8.81 Å². The monoisotopic (exact) mass is 171 g/mol. The molecule has 0 saturated carbocycles. The Morgan fingerprint density at radius 2 is 2.00 bits per heavy atom. The van der Waals surface area contributed by atoms with E-state index < -0.39 is 6.17 Å². The first-order valence-electron chi connectivity index (χ1n) is 3.72. The van der Waals surface area contributed by atoms with E-state index >= 15 is 0 Å². The number of hydrogen-bond donors (Lipinski definition) is 0. The second-order valence-corrected chi connectivity index (χ2v) is 2.65. The van der Waals surface area contributed by atoms with Crippen LogP contribution in [0.4, 0.5) is 4.39 Å². The van der Waals surface area contributed by atoms with E-state index in [1.165, 1.54) is 6.26 Å². The topological polar surface area (TPSA) is 13.1 Å². The fourth-order valence-electron chi connectivity index (χ4n) is 1.24. The van der Waals surface area contributed by atoms with Gasteiger partial charge in [-0.15, -0.1) is 0 Å². The number of rotatable bonds is 1. The fourth-order valence-corrected chi connectivity index (χ4v) is 1.24. The third kappa shape index (κ3) is 1.80. The van der Waals surface area contributed by atoms with Crippen LogP contribution >= 0.6 is 0 Å². The van der Waals surface area contributed by atoms with Crippen molar-refractivity contribution in [2.24, 2.45) is 0 Å². The SMILES string of the molecule is [CH2]C(F)c1coc2ccccc12.[LiH]. The average Bonchev–Trinajstić information content (AvgIpc) is 2.47. The van der Waals surface area contributed by atoms with Crippen molar-refractivity contribution in [3.63, 3.8) is 0 Å². The Hall–Kier alpha value is -0.713. The molecule has 1 nitrogen and oxygen atoms in total. The zero-order valence-corrected chi connectivity index (χ0v) is 6.46. The molecule has 0 saturated heterocycles. The molecule has 0 aliphatic heterocycles. The Morgan fingerprint density at radius 3 is 2.69 bits per heavy atom. The van der Waals surface area contributed by atoms with Gasteiger partial charge in [0.2, 0.25) is 0 Å². The van der Waals surface area contributed by atoms with E-state index in [1.807, 2.05) is 18.2 Å². The molecular formula is C10H9FLiO. The van der Waals surface area contributed by atoms with Gasteiger partial charge in [0.05, 0.1) is 6.26 Å². The van der Waals surface area contributed by atoms with Gasteiger partial charge in [0.25, 0.3) is 0 Å². The van der Waals surface area contributed by atoms with Gasteiger partial charge in [0, 0.05) is 10.9 Å². The summed E-state index contributed by atoms with van der Waals surface area (Å²) < 4.78 is 18.0. The minimum atomic E-state index is -1.21. The second-order valence-electron chi connectivity index (χ2n) is 2.65. The number of fused-ring (bicyclic) bond motifs is 1. The molecule has 2 aromatic rings. The fraction of sp³-hybridized carbons (Fsp3) is 0.100. The molecule has 0 aliphatic rings. The number of hydrogen-bond acceptors (Lipinski definition) is 1. The zero-order chi connectivity index (χ0) is 8.55. The van der Waals surface area contributed by atoms with Gasteiger partial charge in [-0.2, -0.15) is 0 Å².